The largest absolute Gasteiger partial charge is 0.493 e. The van der Waals surface area contributed by atoms with E-state index in [1.54, 1.807) is 0 Å². The topological polar surface area (TPSA) is 88.1 Å². The number of hydrogen-bond donors (Lipinski definition) is 0. The van der Waals surface area contributed by atoms with Gasteiger partial charge in [0.25, 0.3) is 0 Å². The van der Waals surface area contributed by atoms with Crippen molar-refractivity contribution in [1.29, 1.82) is 0 Å². The van der Waals surface area contributed by atoms with Crippen LogP contribution in [0, 0.1) is 5.41 Å². The van der Waals surface area contributed by atoms with Gasteiger partial charge < -0.3 is 18.9 Å². The minimum Gasteiger partial charge on any atom is -0.493 e. The molecular formula is C18H22O7. The van der Waals surface area contributed by atoms with E-state index in [0.29, 0.717) is 0 Å². The van der Waals surface area contributed by atoms with E-state index in [0.717, 1.165) is 18.2 Å². The molecule has 0 saturated carbocycles. The van der Waals surface area contributed by atoms with Crippen LogP contribution in [0.25, 0.3) is 0 Å². The van der Waals surface area contributed by atoms with Crippen LogP contribution < -0.4 is 0 Å². The van der Waals surface area contributed by atoms with Crippen LogP contribution in [0.5, 0.6) is 0 Å². The first kappa shape index (κ1) is 21.9. The summed E-state index contributed by atoms with van der Waals surface area (Å²) in [6.07, 6.45) is 4.28. The van der Waals surface area contributed by atoms with E-state index in [-0.39, 0.29) is 32.2 Å². The number of carbonyl (C=O) groups is 3. The maximum absolute atomic E-state index is 11.4. The molecule has 136 valence electrons. The molecule has 0 aromatic rings. The summed E-state index contributed by atoms with van der Waals surface area (Å²) in [5.41, 5.74) is -1.18. The summed E-state index contributed by atoms with van der Waals surface area (Å²) in [7, 11) is 0. The van der Waals surface area contributed by atoms with Crippen molar-refractivity contribution in [2.45, 2.75) is 0 Å². The average Bonchev–Trinajstić information content (AvgIpc) is 2.65. The molecule has 0 amide bonds. The number of hydrogen-bond acceptors (Lipinski definition) is 7. The van der Waals surface area contributed by atoms with Crippen molar-refractivity contribution in [3.8, 4) is 0 Å². The molecule has 0 N–H and O–H groups in total. The molecule has 0 unspecified atom stereocenters. The van der Waals surface area contributed by atoms with Gasteiger partial charge in [0.1, 0.15) is 37.6 Å². The van der Waals surface area contributed by atoms with E-state index in [4.69, 9.17) is 18.9 Å². The fourth-order valence-corrected chi connectivity index (χ4v) is 1.40. The molecule has 0 atom stereocenters. The SMILES string of the molecule is C=CC(=C)OCC(COC(=O)C=C)(COC(=O)C=C)COC(=O)C=C. The third-order valence-corrected chi connectivity index (χ3v) is 2.85. The number of rotatable bonds is 13. The van der Waals surface area contributed by atoms with Gasteiger partial charge in [-0.2, -0.15) is 0 Å². The average molecular weight is 350 g/mol. The summed E-state index contributed by atoms with van der Waals surface area (Å²) in [6.45, 7) is 16.1. The van der Waals surface area contributed by atoms with Crippen LogP contribution in [-0.4, -0.2) is 44.3 Å². The zero-order chi connectivity index (χ0) is 19.3. The van der Waals surface area contributed by atoms with Gasteiger partial charge in [-0.25, -0.2) is 14.4 Å². The lowest BCUT2D eigenvalue weighted by molar-refractivity contribution is -0.159. The highest BCUT2D eigenvalue weighted by molar-refractivity contribution is 5.82. The minimum absolute atomic E-state index is 0.128. The molecule has 0 spiro atoms. The number of ether oxygens (including phenoxy) is 4. The van der Waals surface area contributed by atoms with Crippen molar-refractivity contribution < 1.29 is 33.3 Å². The van der Waals surface area contributed by atoms with E-state index in [1.807, 2.05) is 0 Å². The molecule has 0 aliphatic rings. The molecule has 0 bridgehead atoms. The Bertz CT molecular complexity index is 458. The molecule has 0 rings (SSSR count). The predicted molar refractivity (Wildman–Crippen MR) is 91.2 cm³/mol. The van der Waals surface area contributed by atoms with Gasteiger partial charge in [-0.05, 0) is 6.08 Å². The summed E-state index contributed by atoms with van der Waals surface area (Å²) in [6, 6.07) is 0. The zero-order valence-electron chi connectivity index (χ0n) is 14.0. The highest BCUT2D eigenvalue weighted by Gasteiger charge is 2.37. The molecule has 0 fully saturated rings. The zero-order valence-corrected chi connectivity index (χ0v) is 14.0. The van der Waals surface area contributed by atoms with Crippen LogP contribution >= 0.6 is 0 Å². The predicted octanol–water partition coefficient (Wildman–Crippen LogP) is 1.88. The third-order valence-electron chi connectivity index (χ3n) is 2.85. The van der Waals surface area contributed by atoms with Crippen LogP contribution in [0.3, 0.4) is 0 Å². The number of carbonyl (C=O) groups excluding carboxylic acids is 3. The molecule has 0 aromatic carbocycles. The molecule has 0 radical (unpaired) electrons. The van der Waals surface area contributed by atoms with Gasteiger partial charge in [0, 0.05) is 18.2 Å². The summed E-state index contributed by atoms with van der Waals surface area (Å²) in [4.78, 5) is 34.1. The third kappa shape index (κ3) is 8.95. The Morgan fingerprint density at radius 3 is 1.24 bits per heavy atom. The summed E-state index contributed by atoms with van der Waals surface area (Å²) in [5, 5.41) is 0. The van der Waals surface area contributed by atoms with Gasteiger partial charge in [-0.3, -0.25) is 0 Å². The van der Waals surface area contributed by atoms with E-state index in [2.05, 4.69) is 32.9 Å². The first-order valence-electron chi connectivity index (χ1n) is 7.14. The second kappa shape index (κ2) is 11.4. The van der Waals surface area contributed by atoms with Gasteiger partial charge >= 0.3 is 17.9 Å². The maximum atomic E-state index is 11.4. The second-order valence-corrected chi connectivity index (χ2v) is 4.89. The van der Waals surface area contributed by atoms with Crippen molar-refractivity contribution in [3.05, 3.63) is 63.0 Å². The normalized spacial score (nSPS) is 9.92. The van der Waals surface area contributed by atoms with Crippen molar-refractivity contribution in [2.75, 3.05) is 26.4 Å². The van der Waals surface area contributed by atoms with Gasteiger partial charge in [-0.1, -0.05) is 32.9 Å². The Labute approximate surface area is 146 Å². The lowest BCUT2D eigenvalue weighted by atomic mass is 9.92. The summed E-state index contributed by atoms with van der Waals surface area (Å²) >= 11 is 0. The molecule has 0 aromatic heterocycles. The first-order chi connectivity index (χ1) is 11.8. The molecule has 0 aliphatic heterocycles. The van der Waals surface area contributed by atoms with Crippen LogP contribution in [0.2, 0.25) is 0 Å². The minimum atomic E-state index is -1.18. The van der Waals surface area contributed by atoms with Gasteiger partial charge in [0.15, 0.2) is 0 Å². The summed E-state index contributed by atoms with van der Waals surface area (Å²) < 4.78 is 20.5. The Morgan fingerprint density at radius 2 is 0.960 bits per heavy atom. The van der Waals surface area contributed by atoms with E-state index >= 15 is 0 Å². The van der Waals surface area contributed by atoms with E-state index in [9.17, 15) is 14.4 Å². The van der Waals surface area contributed by atoms with Crippen molar-refractivity contribution in [1.82, 2.24) is 0 Å². The van der Waals surface area contributed by atoms with E-state index in [1.165, 1.54) is 6.08 Å². The standard InChI is InChI=1S/C18H22O7/c1-6-14(5)22-10-18(11-23-15(19)7-2,12-24-16(20)8-3)13-25-17(21)9-4/h6-9H,1-5,10-13H2. The highest BCUT2D eigenvalue weighted by Crippen LogP contribution is 2.22. The van der Waals surface area contributed by atoms with Crippen LogP contribution in [0.4, 0.5) is 0 Å². The Balaban J connectivity index is 5.36. The van der Waals surface area contributed by atoms with Crippen molar-refractivity contribution in [2.24, 2.45) is 5.41 Å². The van der Waals surface area contributed by atoms with Crippen molar-refractivity contribution >= 4 is 17.9 Å². The fourth-order valence-electron chi connectivity index (χ4n) is 1.40. The molecule has 0 aliphatic carbocycles. The Hall–Kier alpha value is -3.09. The van der Waals surface area contributed by atoms with Crippen molar-refractivity contribution in [3.63, 3.8) is 0 Å². The van der Waals surface area contributed by atoms with Gasteiger partial charge in [-0.15, -0.1) is 0 Å². The molecule has 7 nitrogen and oxygen atoms in total. The first-order valence-corrected chi connectivity index (χ1v) is 7.14. The second-order valence-electron chi connectivity index (χ2n) is 4.89. The molecule has 0 saturated heterocycles. The van der Waals surface area contributed by atoms with Gasteiger partial charge in [0.2, 0.25) is 0 Å². The summed E-state index contributed by atoms with van der Waals surface area (Å²) in [5.74, 6) is -1.85. The molecule has 7 heteroatoms. The monoisotopic (exact) mass is 350 g/mol. The lowest BCUT2D eigenvalue weighted by Gasteiger charge is -2.31. The van der Waals surface area contributed by atoms with E-state index < -0.39 is 23.3 Å². The maximum Gasteiger partial charge on any atom is 0.330 e. The number of allylic oxidation sites excluding steroid dienone is 1. The Kier molecular flexibility index (Phi) is 10.0. The molecule has 0 heterocycles. The molecule has 25 heavy (non-hydrogen) atoms. The van der Waals surface area contributed by atoms with Gasteiger partial charge in [0.05, 0.1) is 0 Å². The smallest absolute Gasteiger partial charge is 0.330 e. The molecular weight excluding hydrogens is 328 g/mol. The highest BCUT2D eigenvalue weighted by atomic mass is 16.6. The number of esters is 3. The van der Waals surface area contributed by atoms with Crippen LogP contribution in [0.1, 0.15) is 0 Å². The fraction of sp³-hybridized carbons (Fsp3) is 0.278. The van der Waals surface area contributed by atoms with Crippen LogP contribution in [-0.2, 0) is 33.3 Å². The van der Waals surface area contributed by atoms with Crippen LogP contribution in [0.15, 0.2) is 63.0 Å². The Morgan fingerprint density at radius 1 is 0.640 bits per heavy atom. The lowest BCUT2D eigenvalue weighted by Crippen LogP contribution is -2.43. The quantitative estimate of drug-likeness (QED) is 0.165.